The highest BCUT2D eigenvalue weighted by molar-refractivity contribution is 5.94. The van der Waals surface area contributed by atoms with Crippen LogP contribution in [0.2, 0.25) is 0 Å². The summed E-state index contributed by atoms with van der Waals surface area (Å²) >= 11 is 0. The fraction of sp³-hybridized carbons (Fsp3) is 0.316. The van der Waals surface area contributed by atoms with Crippen molar-refractivity contribution in [1.82, 2.24) is 0 Å². The van der Waals surface area contributed by atoms with E-state index in [-0.39, 0.29) is 18.0 Å². The van der Waals surface area contributed by atoms with E-state index in [1.165, 1.54) is 0 Å². The van der Waals surface area contributed by atoms with Crippen molar-refractivity contribution in [3.63, 3.8) is 0 Å². The van der Waals surface area contributed by atoms with Crippen molar-refractivity contribution in [3.05, 3.63) is 56.4 Å². The maximum absolute atomic E-state index is 14.0. The number of nitro benzene ring substituents is 2. The highest BCUT2D eigenvalue weighted by Crippen LogP contribution is 2.36. The van der Waals surface area contributed by atoms with Gasteiger partial charge in [0.1, 0.15) is 5.69 Å². The number of anilines is 2. The maximum Gasteiger partial charge on any atom is 0.311 e. The zero-order valence-corrected chi connectivity index (χ0v) is 17.2. The van der Waals surface area contributed by atoms with Gasteiger partial charge in [0.15, 0.2) is 5.69 Å². The second kappa shape index (κ2) is 10.2. The molecule has 0 saturated carbocycles. The second-order valence-electron chi connectivity index (χ2n) is 6.28. The number of azo groups is 1. The van der Waals surface area contributed by atoms with Gasteiger partial charge in [0.2, 0.25) is 11.7 Å². The molecule has 0 aliphatic heterocycles. The molecule has 2 aromatic carbocycles. The van der Waals surface area contributed by atoms with Crippen LogP contribution in [0.3, 0.4) is 0 Å². The van der Waals surface area contributed by atoms with Crippen LogP contribution in [0, 0.1) is 26.0 Å². The molecule has 0 aliphatic rings. The largest absolute Gasteiger partial charge is 0.372 e. The minimum absolute atomic E-state index is 0.186. The predicted molar refractivity (Wildman–Crippen MR) is 113 cm³/mol. The van der Waals surface area contributed by atoms with Crippen LogP contribution < -0.4 is 10.2 Å². The second-order valence-corrected chi connectivity index (χ2v) is 6.28. The summed E-state index contributed by atoms with van der Waals surface area (Å²) in [6, 6.07) is 6.07. The summed E-state index contributed by atoms with van der Waals surface area (Å²) in [4.78, 5) is 34.1. The molecule has 164 valence electrons. The summed E-state index contributed by atoms with van der Waals surface area (Å²) in [6.45, 7) is 7.08. The van der Waals surface area contributed by atoms with Crippen LogP contribution in [0.25, 0.3) is 0 Å². The molecule has 2 rings (SSSR count). The first-order valence-electron chi connectivity index (χ1n) is 9.44. The fourth-order valence-corrected chi connectivity index (χ4v) is 2.75. The van der Waals surface area contributed by atoms with Crippen LogP contribution in [0.5, 0.6) is 0 Å². The Labute approximate surface area is 176 Å². The topological polar surface area (TPSA) is 143 Å². The third-order valence-electron chi connectivity index (χ3n) is 4.41. The summed E-state index contributed by atoms with van der Waals surface area (Å²) in [7, 11) is 0. The summed E-state index contributed by atoms with van der Waals surface area (Å²) in [5.41, 5.74) is -0.965. The Hall–Kier alpha value is -3.96. The van der Waals surface area contributed by atoms with Crippen LogP contribution in [-0.4, -0.2) is 28.8 Å². The van der Waals surface area contributed by atoms with Crippen molar-refractivity contribution < 1.29 is 19.0 Å². The average Bonchev–Trinajstić information content (AvgIpc) is 2.73. The predicted octanol–water partition coefficient (Wildman–Crippen LogP) is 5.25. The van der Waals surface area contributed by atoms with Crippen LogP contribution in [0.15, 0.2) is 40.6 Å². The number of nitrogens with one attached hydrogen (secondary N) is 1. The Morgan fingerprint density at radius 1 is 1.00 bits per heavy atom. The SMILES string of the molecule is CCC(=O)Nc1cc(N(CC)CC)ccc1/N=N/c1cc(F)c([N+](=O)[O-])cc1[N+](=O)[O-]. The zero-order valence-electron chi connectivity index (χ0n) is 17.2. The third-order valence-corrected chi connectivity index (χ3v) is 4.41. The Morgan fingerprint density at radius 2 is 1.61 bits per heavy atom. The molecule has 12 heteroatoms. The van der Waals surface area contributed by atoms with Gasteiger partial charge in [-0.05, 0) is 32.0 Å². The summed E-state index contributed by atoms with van der Waals surface area (Å²) in [5.74, 6) is -1.55. The Kier molecular flexibility index (Phi) is 7.66. The van der Waals surface area contributed by atoms with Gasteiger partial charge in [0, 0.05) is 31.3 Å². The number of hydrogen-bond acceptors (Lipinski definition) is 8. The monoisotopic (exact) mass is 432 g/mol. The van der Waals surface area contributed by atoms with E-state index >= 15 is 0 Å². The summed E-state index contributed by atoms with van der Waals surface area (Å²) in [5, 5.41) is 32.4. The summed E-state index contributed by atoms with van der Waals surface area (Å²) in [6.07, 6.45) is 0.213. The minimum atomic E-state index is -1.28. The highest BCUT2D eigenvalue weighted by Gasteiger charge is 2.25. The van der Waals surface area contributed by atoms with Crippen molar-refractivity contribution in [2.75, 3.05) is 23.3 Å². The van der Waals surface area contributed by atoms with E-state index in [9.17, 15) is 29.4 Å². The number of benzene rings is 2. The van der Waals surface area contributed by atoms with Gasteiger partial charge in [0.25, 0.3) is 0 Å². The number of halogens is 1. The highest BCUT2D eigenvalue weighted by atomic mass is 19.1. The van der Waals surface area contributed by atoms with Gasteiger partial charge < -0.3 is 10.2 Å². The first kappa shape index (κ1) is 23.3. The Balaban J connectivity index is 2.54. The lowest BCUT2D eigenvalue weighted by Gasteiger charge is -2.22. The molecule has 11 nitrogen and oxygen atoms in total. The molecule has 0 bridgehead atoms. The van der Waals surface area contributed by atoms with Gasteiger partial charge in [-0.15, -0.1) is 10.2 Å². The van der Waals surface area contributed by atoms with Crippen LogP contribution in [0.4, 0.5) is 38.5 Å². The first-order valence-corrected chi connectivity index (χ1v) is 9.44. The van der Waals surface area contributed by atoms with Gasteiger partial charge >= 0.3 is 11.4 Å². The molecule has 0 saturated heterocycles. The molecular weight excluding hydrogens is 411 g/mol. The van der Waals surface area contributed by atoms with E-state index in [0.717, 1.165) is 18.8 Å². The molecule has 0 radical (unpaired) electrons. The standard InChI is InChI=1S/C19H21FN6O5/c1-4-19(27)21-15-9-12(24(5-2)6-3)7-8-14(15)22-23-16-10-13(20)17(25(28)29)11-18(16)26(30)31/h7-11H,4-6H2,1-3H3,(H,21,27)/b23-22+. The van der Waals surface area contributed by atoms with Gasteiger partial charge in [-0.3, -0.25) is 25.0 Å². The van der Waals surface area contributed by atoms with E-state index < -0.39 is 32.7 Å². The number of hydrogen-bond donors (Lipinski definition) is 1. The van der Waals surface area contributed by atoms with E-state index in [4.69, 9.17) is 0 Å². The van der Waals surface area contributed by atoms with Crippen LogP contribution >= 0.6 is 0 Å². The molecule has 0 aliphatic carbocycles. The smallest absolute Gasteiger partial charge is 0.311 e. The quantitative estimate of drug-likeness (QED) is 0.325. The Morgan fingerprint density at radius 3 is 2.16 bits per heavy atom. The van der Waals surface area contributed by atoms with Crippen molar-refractivity contribution in [3.8, 4) is 0 Å². The Bertz CT molecular complexity index is 1040. The molecule has 0 atom stereocenters. The minimum Gasteiger partial charge on any atom is -0.372 e. The van der Waals surface area contributed by atoms with E-state index in [2.05, 4.69) is 15.5 Å². The molecule has 0 fully saturated rings. The molecular formula is C19H21FN6O5. The van der Waals surface area contributed by atoms with Crippen molar-refractivity contribution in [2.45, 2.75) is 27.2 Å². The third kappa shape index (κ3) is 5.56. The maximum atomic E-state index is 14.0. The number of rotatable bonds is 9. The molecule has 1 N–H and O–H groups in total. The van der Waals surface area contributed by atoms with Gasteiger partial charge in [-0.25, -0.2) is 0 Å². The normalized spacial score (nSPS) is 10.8. The molecule has 2 aromatic rings. The van der Waals surface area contributed by atoms with Crippen molar-refractivity contribution >= 4 is 40.0 Å². The zero-order chi connectivity index (χ0) is 23.1. The molecule has 0 spiro atoms. The number of nitro groups is 2. The molecule has 0 aromatic heterocycles. The van der Waals surface area contributed by atoms with Crippen LogP contribution in [-0.2, 0) is 4.79 Å². The lowest BCUT2D eigenvalue weighted by molar-refractivity contribution is -0.395. The first-order chi connectivity index (χ1) is 14.7. The number of nitrogens with zero attached hydrogens (tertiary/aromatic N) is 5. The van der Waals surface area contributed by atoms with Crippen molar-refractivity contribution in [2.24, 2.45) is 10.2 Å². The summed E-state index contributed by atoms with van der Waals surface area (Å²) < 4.78 is 14.0. The van der Waals surface area contributed by atoms with E-state index in [1.807, 2.05) is 18.7 Å². The molecule has 0 unspecified atom stereocenters. The van der Waals surface area contributed by atoms with Crippen molar-refractivity contribution in [1.29, 1.82) is 0 Å². The van der Waals surface area contributed by atoms with E-state index in [0.29, 0.717) is 17.8 Å². The van der Waals surface area contributed by atoms with Gasteiger partial charge in [0.05, 0.1) is 21.6 Å². The van der Waals surface area contributed by atoms with Gasteiger partial charge in [-0.1, -0.05) is 6.92 Å². The molecule has 0 heterocycles. The molecule has 31 heavy (non-hydrogen) atoms. The van der Waals surface area contributed by atoms with Gasteiger partial charge in [-0.2, -0.15) is 4.39 Å². The fourth-order valence-electron chi connectivity index (χ4n) is 2.75. The van der Waals surface area contributed by atoms with Crippen LogP contribution in [0.1, 0.15) is 27.2 Å². The lowest BCUT2D eigenvalue weighted by atomic mass is 10.2. The number of carbonyl (C=O) groups is 1. The van der Waals surface area contributed by atoms with E-state index in [1.54, 1.807) is 25.1 Å². The molecule has 1 amide bonds. The number of amides is 1. The average molecular weight is 432 g/mol. The lowest BCUT2D eigenvalue weighted by Crippen LogP contribution is -2.22. The number of carbonyl (C=O) groups excluding carboxylic acids is 1.